The number of amides is 3. The first-order valence-electron chi connectivity index (χ1n) is 6.55. The van der Waals surface area contributed by atoms with Crippen LogP contribution in [0.5, 0.6) is 0 Å². The third-order valence-electron chi connectivity index (χ3n) is 3.62. The molecule has 2 N–H and O–H groups in total. The molecule has 0 saturated carbocycles. The zero-order valence-electron chi connectivity index (χ0n) is 11.2. The van der Waals surface area contributed by atoms with Crippen molar-refractivity contribution in [1.82, 2.24) is 9.88 Å². The number of rotatable bonds is 2. The number of halogens is 1. The normalized spacial score (nSPS) is 15.9. The zero-order chi connectivity index (χ0) is 15.0. The summed E-state index contributed by atoms with van der Waals surface area (Å²) in [4.78, 5) is 28.5. The highest BCUT2D eigenvalue weighted by Gasteiger charge is 2.35. The molecule has 1 saturated heterocycles. The summed E-state index contributed by atoms with van der Waals surface area (Å²) in [5.41, 5.74) is 6.94. The second-order valence-corrected chi connectivity index (χ2v) is 5.38. The first-order valence-corrected chi connectivity index (χ1v) is 6.93. The van der Waals surface area contributed by atoms with Gasteiger partial charge in [0.1, 0.15) is 0 Å². The van der Waals surface area contributed by atoms with Gasteiger partial charge in [0, 0.05) is 18.1 Å². The smallest absolute Gasteiger partial charge is 0.321 e. The van der Waals surface area contributed by atoms with Gasteiger partial charge in [-0.3, -0.25) is 14.7 Å². The molecule has 1 fully saturated rings. The van der Waals surface area contributed by atoms with E-state index in [1.165, 1.54) is 0 Å². The van der Waals surface area contributed by atoms with Gasteiger partial charge in [0.2, 0.25) is 5.91 Å². The number of aromatic nitrogens is 1. The summed E-state index contributed by atoms with van der Waals surface area (Å²) in [6.45, 7) is 0.361. The number of carbonyl (C=O) groups excluding carboxylic acids is 2. The Kier molecular flexibility index (Phi) is 3.51. The third-order valence-corrected chi connectivity index (χ3v) is 3.95. The van der Waals surface area contributed by atoms with Crippen LogP contribution < -0.4 is 5.73 Å². The molecule has 0 atom stereocenters. The van der Waals surface area contributed by atoms with E-state index in [1.807, 2.05) is 18.2 Å². The lowest BCUT2D eigenvalue weighted by molar-refractivity contribution is -0.123. The molecule has 6 heteroatoms. The highest BCUT2D eigenvalue weighted by Crippen LogP contribution is 2.27. The first kappa shape index (κ1) is 13.8. The Hall–Kier alpha value is -2.14. The number of hydrogen-bond acceptors (Lipinski definition) is 3. The Morgan fingerprint density at radius 3 is 2.90 bits per heavy atom. The van der Waals surface area contributed by atoms with E-state index in [-0.39, 0.29) is 5.91 Å². The highest BCUT2D eigenvalue weighted by atomic mass is 35.5. The number of primary amides is 1. The Bertz CT molecular complexity index is 732. The van der Waals surface area contributed by atoms with Gasteiger partial charge in [-0.15, -0.1) is 0 Å². The summed E-state index contributed by atoms with van der Waals surface area (Å²) < 4.78 is 0. The van der Waals surface area contributed by atoms with Crippen LogP contribution in [0.1, 0.15) is 12.0 Å². The number of nitrogens with zero attached hydrogens (tertiary/aromatic N) is 2. The van der Waals surface area contributed by atoms with Crippen LogP contribution >= 0.6 is 11.6 Å². The molecule has 5 nitrogen and oxygen atoms in total. The number of fused-ring (bicyclic) bond motifs is 1. The van der Waals surface area contributed by atoms with E-state index in [1.54, 1.807) is 12.3 Å². The van der Waals surface area contributed by atoms with Crippen molar-refractivity contribution >= 4 is 34.4 Å². The van der Waals surface area contributed by atoms with Gasteiger partial charge >= 0.3 is 6.03 Å². The molecule has 2 heterocycles. The number of imide groups is 1. The summed E-state index contributed by atoms with van der Waals surface area (Å²) in [6.07, 6.45) is 2.70. The number of pyridine rings is 1. The zero-order valence-corrected chi connectivity index (χ0v) is 11.9. The van der Waals surface area contributed by atoms with E-state index >= 15 is 0 Å². The van der Waals surface area contributed by atoms with Gasteiger partial charge in [-0.25, -0.2) is 4.79 Å². The van der Waals surface area contributed by atoms with Gasteiger partial charge < -0.3 is 5.73 Å². The molecule has 3 amide bonds. The fourth-order valence-corrected chi connectivity index (χ4v) is 2.74. The molecule has 0 bridgehead atoms. The van der Waals surface area contributed by atoms with Crippen LogP contribution in [-0.2, 0) is 11.2 Å². The molecule has 1 radical (unpaired) electrons. The maximum Gasteiger partial charge on any atom is 0.321 e. The monoisotopic (exact) mass is 302 g/mol. The van der Waals surface area contributed by atoms with E-state index in [2.05, 4.69) is 4.98 Å². The molecule has 2 aromatic rings. The molecule has 1 aromatic carbocycles. The van der Waals surface area contributed by atoms with Crippen LogP contribution in [0, 0.1) is 5.92 Å². The van der Waals surface area contributed by atoms with Gasteiger partial charge in [-0.2, -0.15) is 0 Å². The maximum absolute atomic E-state index is 12.0. The highest BCUT2D eigenvalue weighted by molar-refractivity contribution is 6.35. The molecule has 107 valence electrons. The minimum absolute atomic E-state index is 0.278. The SMILES string of the molecule is NC(=O)N1CC[C](Cc2ccc3nccc(Cl)c3c2)C1=O. The molecule has 0 unspecified atom stereocenters. The van der Waals surface area contributed by atoms with Gasteiger partial charge in [0.25, 0.3) is 0 Å². The average Bonchev–Trinajstić information content (AvgIpc) is 2.81. The second-order valence-electron chi connectivity index (χ2n) is 4.97. The molecule has 3 rings (SSSR count). The Balaban J connectivity index is 1.84. The molecule has 0 spiro atoms. The summed E-state index contributed by atoms with van der Waals surface area (Å²) in [6, 6.07) is 6.76. The van der Waals surface area contributed by atoms with Gasteiger partial charge in [-0.1, -0.05) is 17.7 Å². The lowest BCUT2D eigenvalue weighted by Gasteiger charge is -2.11. The number of carbonyl (C=O) groups is 2. The quantitative estimate of drug-likeness (QED) is 0.925. The van der Waals surface area contributed by atoms with Crippen molar-refractivity contribution in [2.75, 3.05) is 6.54 Å². The molecule has 1 aliphatic heterocycles. The van der Waals surface area contributed by atoms with E-state index < -0.39 is 6.03 Å². The van der Waals surface area contributed by atoms with Gasteiger partial charge in [0.15, 0.2) is 0 Å². The van der Waals surface area contributed by atoms with Crippen LogP contribution in [-0.4, -0.2) is 28.4 Å². The van der Waals surface area contributed by atoms with E-state index in [4.69, 9.17) is 17.3 Å². The van der Waals surface area contributed by atoms with Crippen molar-refractivity contribution in [2.24, 2.45) is 5.73 Å². The summed E-state index contributed by atoms with van der Waals surface area (Å²) >= 11 is 6.16. The van der Waals surface area contributed by atoms with Crippen LogP contribution in [0.25, 0.3) is 10.9 Å². The number of likely N-dealkylation sites (tertiary alicyclic amines) is 1. The minimum atomic E-state index is -0.694. The van der Waals surface area contributed by atoms with Crippen LogP contribution in [0.2, 0.25) is 5.02 Å². The van der Waals surface area contributed by atoms with Crippen molar-refractivity contribution in [3.8, 4) is 0 Å². The molecule has 1 aliphatic rings. The van der Waals surface area contributed by atoms with Crippen molar-refractivity contribution in [2.45, 2.75) is 12.8 Å². The average molecular weight is 303 g/mol. The van der Waals surface area contributed by atoms with Crippen molar-refractivity contribution in [3.05, 3.63) is 47.0 Å². The largest absolute Gasteiger partial charge is 0.351 e. The predicted molar refractivity (Wildman–Crippen MR) is 79.6 cm³/mol. The van der Waals surface area contributed by atoms with Crippen LogP contribution in [0.15, 0.2) is 30.5 Å². The lowest BCUT2D eigenvalue weighted by atomic mass is 9.97. The fraction of sp³-hybridized carbons (Fsp3) is 0.200. The molecular formula is C15H13ClN3O2. The Morgan fingerprint density at radius 2 is 2.19 bits per heavy atom. The molecule has 0 aliphatic carbocycles. The van der Waals surface area contributed by atoms with E-state index in [0.29, 0.717) is 30.3 Å². The Morgan fingerprint density at radius 1 is 1.38 bits per heavy atom. The van der Waals surface area contributed by atoms with Gasteiger partial charge in [0.05, 0.1) is 16.5 Å². The number of benzene rings is 1. The van der Waals surface area contributed by atoms with Crippen LogP contribution in [0.3, 0.4) is 0 Å². The Labute approximate surface area is 126 Å². The first-order chi connectivity index (χ1) is 10.1. The fourth-order valence-electron chi connectivity index (χ4n) is 2.54. The summed E-state index contributed by atoms with van der Waals surface area (Å²) in [7, 11) is 0. The topological polar surface area (TPSA) is 76.3 Å². The number of urea groups is 1. The molecular weight excluding hydrogens is 290 g/mol. The van der Waals surface area contributed by atoms with E-state index in [0.717, 1.165) is 21.4 Å². The van der Waals surface area contributed by atoms with Crippen molar-refractivity contribution < 1.29 is 9.59 Å². The molecule has 1 aromatic heterocycles. The van der Waals surface area contributed by atoms with Crippen molar-refractivity contribution in [3.63, 3.8) is 0 Å². The number of hydrogen-bond donors (Lipinski definition) is 1. The van der Waals surface area contributed by atoms with Crippen molar-refractivity contribution in [1.29, 1.82) is 0 Å². The maximum atomic E-state index is 12.0. The molecule has 21 heavy (non-hydrogen) atoms. The second kappa shape index (κ2) is 5.33. The van der Waals surface area contributed by atoms with Gasteiger partial charge in [-0.05, 0) is 36.6 Å². The van der Waals surface area contributed by atoms with E-state index in [9.17, 15) is 9.59 Å². The summed E-state index contributed by atoms with van der Waals surface area (Å²) in [5.74, 6) is 0.410. The third kappa shape index (κ3) is 2.56. The number of nitrogens with two attached hydrogens (primary N) is 1. The standard InChI is InChI=1S/C15H13ClN3O2/c16-12-3-5-18-13-2-1-9(8-11(12)13)7-10-4-6-19(14(10)20)15(17)21/h1-3,5,8H,4,6-7H2,(H2,17,21). The predicted octanol–water partition coefficient (Wildman–Crippen LogP) is 2.32. The van der Waals surface area contributed by atoms with Crippen LogP contribution in [0.4, 0.5) is 4.79 Å². The minimum Gasteiger partial charge on any atom is -0.351 e. The summed E-state index contributed by atoms with van der Waals surface area (Å²) in [5, 5.41) is 1.48. The lowest BCUT2D eigenvalue weighted by Crippen LogP contribution is -2.37.